The molecule has 13 atom stereocenters. The molecule has 5 saturated carbocycles. The lowest BCUT2D eigenvalue weighted by molar-refractivity contribution is -0.268. The summed E-state index contributed by atoms with van der Waals surface area (Å²) in [6.45, 7) is 26.5. The third kappa shape index (κ3) is 5.67. The van der Waals surface area contributed by atoms with Gasteiger partial charge in [0.15, 0.2) is 23.0 Å². The predicted molar refractivity (Wildman–Crippen MR) is 254 cm³/mol. The van der Waals surface area contributed by atoms with E-state index in [0.717, 1.165) is 80.4 Å². The number of piperidine rings is 1. The number of hydrogen-bond donors (Lipinski definition) is 1. The van der Waals surface area contributed by atoms with E-state index in [4.69, 9.17) is 23.7 Å². The van der Waals surface area contributed by atoms with E-state index in [-0.39, 0.29) is 45.2 Å². The third-order valence-electron chi connectivity index (χ3n) is 20.9. The molecule has 5 unspecified atom stereocenters. The lowest BCUT2D eigenvalue weighted by Gasteiger charge is -2.69. The summed E-state index contributed by atoms with van der Waals surface area (Å²) in [6, 6.07) is 9.56. The average Bonchev–Trinajstić information content (AvgIpc) is 3.89. The molecule has 1 N–H and O–H groups in total. The topological polar surface area (TPSA) is 69.6 Å². The van der Waals surface area contributed by atoms with Gasteiger partial charge in [-0.25, -0.2) is 0 Å². The molecule has 64 heavy (non-hydrogen) atoms. The Balaban J connectivity index is 0.953. The number of ether oxygens (including phenoxy) is 5. The molecule has 7 nitrogen and oxygen atoms in total. The molecule has 0 aromatic heterocycles. The maximum Gasteiger partial charge on any atom is 0.165 e. The smallest absolute Gasteiger partial charge is 0.165 e. The summed E-state index contributed by atoms with van der Waals surface area (Å²) >= 11 is 0. The van der Waals surface area contributed by atoms with Crippen LogP contribution in [0.25, 0.3) is 0 Å². The first-order chi connectivity index (χ1) is 30.5. The first-order valence-electron chi connectivity index (χ1n) is 26.4. The van der Waals surface area contributed by atoms with Gasteiger partial charge in [0.05, 0.1) is 19.3 Å². The molecule has 3 aliphatic heterocycles. The highest BCUT2D eigenvalue weighted by atomic mass is 16.6. The van der Waals surface area contributed by atoms with Crippen molar-refractivity contribution in [3.8, 4) is 23.0 Å². The molecule has 352 valence electrons. The quantitative estimate of drug-likeness (QED) is 0.190. The van der Waals surface area contributed by atoms with Crippen molar-refractivity contribution in [2.75, 3.05) is 33.4 Å². The van der Waals surface area contributed by atoms with Crippen molar-refractivity contribution in [1.29, 1.82) is 0 Å². The van der Waals surface area contributed by atoms with Crippen LogP contribution in [0.5, 0.6) is 23.0 Å². The Morgan fingerprint density at radius 1 is 0.844 bits per heavy atom. The van der Waals surface area contributed by atoms with Gasteiger partial charge in [-0.1, -0.05) is 87.3 Å². The number of likely N-dealkylation sites (tertiary alicyclic amines) is 1. The number of benzene rings is 2. The summed E-state index contributed by atoms with van der Waals surface area (Å²) in [5, 5.41) is 13.2. The lowest BCUT2D eigenvalue weighted by Crippen LogP contribution is -2.76. The van der Waals surface area contributed by atoms with Gasteiger partial charge in [-0.3, -0.25) is 4.90 Å². The van der Waals surface area contributed by atoms with Crippen molar-refractivity contribution in [3.05, 3.63) is 46.5 Å². The highest BCUT2D eigenvalue weighted by Crippen LogP contribution is 2.77. The van der Waals surface area contributed by atoms with E-state index in [1.165, 1.54) is 73.7 Å². The Bertz CT molecular complexity index is 2150. The number of aliphatic hydroxyl groups is 1. The molecular formula is C57H83NO6. The second kappa shape index (κ2) is 14.8. The van der Waals surface area contributed by atoms with Gasteiger partial charge >= 0.3 is 0 Å². The highest BCUT2D eigenvalue weighted by Gasteiger charge is 2.76. The van der Waals surface area contributed by atoms with Crippen LogP contribution >= 0.6 is 0 Å². The van der Waals surface area contributed by atoms with Crippen molar-refractivity contribution in [2.24, 2.45) is 51.8 Å². The minimum atomic E-state index is -1.03. The van der Waals surface area contributed by atoms with Crippen molar-refractivity contribution >= 4 is 0 Å². The Morgan fingerprint density at radius 2 is 1.58 bits per heavy atom. The molecule has 4 bridgehead atoms. The minimum absolute atomic E-state index is 0.0476. The van der Waals surface area contributed by atoms with Crippen LogP contribution in [0, 0.1) is 51.8 Å². The van der Waals surface area contributed by atoms with Crippen LogP contribution in [0.15, 0.2) is 24.3 Å². The Hall–Kier alpha value is -2.48. The van der Waals surface area contributed by atoms with E-state index < -0.39 is 11.2 Å². The van der Waals surface area contributed by atoms with Crippen LogP contribution in [-0.2, 0) is 28.4 Å². The van der Waals surface area contributed by atoms with Gasteiger partial charge in [0.2, 0.25) is 0 Å². The highest BCUT2D eigenvalue weighted by molar-refractivity contribution is 5.63. The molecule has 12 rings (SSSR count). The number of hydrogen-bond acceptors (Lipinski definition) is 7. The molecule has 2 spiro atoms. The predicted octanol–water partition coefficient (Wildman–Crippen LogP) is 11.6. The molecule has 10 aliphatic rings. The summed E-state index contributed by atoms with van der Waals surface area (Å²) in [7, 11) is 1.78. The van der Waals surface area contributed by atoms with Crippen LogP contribution in [0.4, 0.5) is 0 Å². The fraction of sp³-hybridized carbons (Fsp3) is 0.789. The van der Waals surface area contributed by atoms with Crippen LogP contribution in [0.1, 0.15) is 169 Å². The number of rotatable bonds is 14. The normalized spacial score (nSPS) is 39.7. The average molecular weight is 878 g/mol. The SMILES string of the molecule is CCC[C@@H]1Cc2ccc(OCCOC3(CCC)[C@H]4Oc5c(OC)ccc6c5C45CCN(CC4CC4)[C@H](C6)C5C[C@@H]3[C@](C)(O)C(C)(C)C)c3c2[C@@]2(CC)[C@H](O3)[C@H]3CCC12CC3C(C)(C)C. The summed E-state index contributed by atoms with van der Waals surface area (Å²) in [5.74, 6) is 6.64. The van der Waals surface area contributed by atoms with Crippen molar-refractivity contribution in [2.45, 2.75) is 199 Å². The van der Waals surface area contributed by atoms with Gasteiger partial charge in [-0.05, 0) is 154 Å². The maximum absolute atomic E-state index is 13.2. The summed E-state index contributed by atoms with van der Waals surface area (Å²) in [5.41, 5.74) is 4.03. The van der Waals surface area contributed by atoms with E-state index >= 15 is 0 Å². The standard InChI is InChI=1S/C57H83NO6/c1-12-15-37-29-35-19-21-43(48-46(35)56(14-3)49(63-48)38-22-24-54(37,56)32-40(38)51(4,5)6)61-27-28-62-57(23-13-2)44(53(10,59)52(7,8)9)31-39-41-30-36-18-20-42(60-11)47-45(36)55(39,50(57)64-47)25-26-58(41)33-34-16-17-34/h18-21,34,37-41,44,49-50,59H,12-17,22-33H2,1-11H3/t37-,38+,39?,40?,41-,44-,49-,50+,53+,54?,55?,56+,57?/m1/s1. The van der Waals surface area contributed by atoms with Crippen molar-refractivity contribution < 1.29 is 28.8 Å². The zero-order valence-corrected chi connectivity index (χ0v) is 41.7. The molecular weight excluding hydrogens is 795 g/mol. The van der Waals surface area contributed by atoms with Gasteiger partial charge in [-0.15, -0.1) is 0 Å². The van der Waals surface area contributed by atoms with E-state index in [2.05, 4.69) is 98.4 Å². The second-order valence-electron chi connectivity index (χ2n) is 25.3. The molecule has 7 aliphatic carbocycles. The van der Waals surface area contributed by atoms with Gasteiger partial charge in [0, 0.05) is 46.4 Å². The van der Waals surface area contributed by atoms with Gasteiger partial charge in [-0.2, -0.15) is 0 Å². The third-order valence-corrected chi connectivity index (χ3v) is 20.9. The van der Waals surface area contributed by atoms with Crippen LogP contribution in [-0.4, -0.2) is 72.9 Å². The second-order valence-corrected chi connectivity index (χ2v) is 25.3. The van der Waals surface area contributed by atoms with Crippen LogP contribution in [0.3, 0.4) is 0 Å². The Labute approximate surface area is 386 Å². The maximum atomic E-state index is 13.2. The lowest BCUT2D eigenvalue weighted by atomic mass is 9.34. The molecule has 2 aromatic carbocycles. The summed E-state index contributed by atoms with van der Waals surface area (Å²) in [4.78, 5) is 2.85. The number of methoxy groups -OCH3 is 1. The largest absolute Gasteiger partial charge is 0.493 e. The summed E-state index contributed by atoms with van der Waals surface area (Å²) < 4.78 is 35.9. The van der Waals surface area contributed by atoms with E-state index in [1.807, 2.05) is 0 Å². The monoisotopic (exact) mass is 878 g/mol. The summed E-state index contributed by atoms with van der Waals surface area (Å²) in [6.07, 6.45) is 16.2. The van der Waals surface area contributed by atoms with Gasteiger partial charge < -0.3 is 28.8 Å². The number of fused-ring (bicyclic) bond motifs is 2. The first kappa shape index (κ1) is 44.1. The molecule has 2 aromatic rings. The van der Waals surface area contributed by atoms with Crippen molar-refractivity contribution in [1.82, 2.24) is 4.90 Å². The zero-order chi connectivity index (χ0) is 45.0. The van der Waals surface area contributed by atoms with E-state index in [9.17, 15) is 5.11 Å². The molecule has 0 radical (unpaired) electrons. The first-order valence-corrected chi connectivity index (χ1v) is 26.4. The van der Waals surface area contributed by atoms with Gasteiger partial charge in [0.25, 0.3) is 0 Å². The minimum Gasteiger partial charge on any atom is -0.493 e. The van der Waals surface area contributed by atoms with E-state index in [1.54, 1.807) is 7.11 Å². The van der Waals surface area contributed by atoms with Crippen LogP contribution < -0.4 is 18.9 Å². The molecule has 0 amide bonds. The van der Waals surface area contributed by atoms with E-state index in [0.29, 0.717) is 42.9 Å². The number of nitrogens with zero attached hydrogens (tertiary/aromatic N) is 1. The fourth-order valence-corrected chi connectivity index (χ4v) is 17.8. The van der Waals surface area contributed by atoms with Crippen LogP contribution in [0.2, 0.25) is 0 Å². The molecule has 7 heteroatoms. The van der Waals surface area contributed by atoms with Gasteiger partial charge in [0.1, 0.15) is 24.4 Å². The Kier molecular flexibility index (Phi) is 10.2. The fourth-order valence-electron chi connectivity index (χ4n) is 17.8. The zero-order valence-electron chi connectivity index (χ0n) is 41.7. The molecule has 3 heterocycles. The molecule has 1 saturated heterocycles. The van der Waals surface area contributed by atoms with Crippen molar-refractivity contribution in [3.63, 3.8) is 0 Å². The Morgan fingerprint density at radius 3 is 2.25 bits per heavy atom. The molecule has 6 fully saturated rings.